The van der Waals surface area contributed by atoms with Gasteiger partial charge in [-0.3, -0.25) is 9.69 Å². The zero-order chi connectivity index (χ0) is 22.0. The molecule has 4 heteroatoms. The van der Waals surface area contributed by atoms with E-state index in [9.17, 15) is 4.79 Å². The van der Waals surface area contributed by atoms with Gasteiger partial charge in [0.1, 0.15) is 0 Å². The van der Waals surface area contributed by atoms with E-state index in [1.165, 1.54) is 11.1 Å². The number of nitrogens with zero attached hydrogens (tertiary/aromatic N) is 2. The van der Waals surface area contributed by atoms with Crippen molar-refractivity contribution >= 4 is 5.91 Å². The first-order valence-corrected chi connectivity index (χ1v) is 11.7. The van der Waals surface area contributed by atoms with Crippen LogP contribution in [-0.4, -0.2) is 55.0 Å². The molecule has 1 fully saturated rings. The third-order valence-corrected chi connectivity index (χ3v) is 6.18. The van der Waals surface area contributed by atoms with Crippen molar-refractivity contribution in [1.82, 2.24) is 15.1 Å². The Hall–Kier alpha value is -2.95. The minimum atomic E-state index is 0.106. The number of amides is 1. The molecule has 0 unspecified atom stereocenters. The third kappa shape index (κ3) is 6.28. The van der Waals surface area contributed by atoms with Crippen LogP contribution in [0.1, 0.15) is 29.2 Å². The molecule has 0 saturated carbocycles. The van der Waals surface area contributed by atoms with Gasteiger partial charge in [-0.2, -0.15) is 0 Å². The summed E-state index contributed by atoms with van der Waals surface area (Å²) < 4.78 is 0. The van der Waals surface area contributed by atoms with E-state index < -0.39 is 0 Å². The maximum atomic E-state index is 12.1. The molecule has 0 bridgehead atoms. The molecule has 1 saturated heterocycles. The van der Waals surface area contributed by atoms with Crippen LogP contribution in [-0.2, 0) is 11.2 Å². The molecular weight excluding hydrogens is 394 g/mol. The third-order valence-electron chi connectivity index (χ3n) is 6.18. The molecule has 0 aliphatic carbocycles. The van der Waals surface area contributed by atoms with Crippen LogP contribution >= 0.6 is 0 Å². The summed E-state index contributed by atoms with van der Waals surface area (Å²) in [6.07, 6.45) is 1.45. The highest BCUT2D eigenvalue weighted by atomic mass is 16.1. The first-order valence-electron chi connectivity index (χ1n) is 11.7. The van der Waals surface area contributed by atoms with Crippen molar-refractivity contribution in [3.8, 4) is 0 Å². The Bertz CT molecular complexity index is 899. The number of piperazine rings is 1. The maximum absolute atomic E-state index is 12.1. The van der Waals surface area contributed by atoms with Gasteiger partial charge in [0.2, 0.25) is 5.91 Å². The van der Waals surface area contributed by atoms with Crippen LogP contribution in [0.4, 0.5) is 0 Å². The Morgan fingerprint density at radius 1 is 0.750 bits per heavy atom. The van der Waals surface area contributed by atoms with Crippen LogP contribution in [0.25, 0.3) is 0 Å². The summed E-state index contributed by atoms with van der Waals surface area (Å²) >= 11 is 0. The lowest BCUT2D eigenvalue weighted by Gasteiger charge is -2.39. The summed E-state index contributed by atoms with van der Waals surface area (Å²) in [5.74, 6) is 0.106. The average molecular weight is 428 g/mol. The first kappa shape index (κ1) is 22.3. The predicted molar refractivity (Wildman–Crippen MR) is 131 cm³/mol. The van der Waals surface area contributed by atoms with Crippen molar-refractivity contribution in [2.45, 2.75) is 18.9 Å². The molecule has 4 nitrogen and oxygen atoms in total. The van der Waals surface area contributed by atoms with Gasteiger partial charge >= 0.3 is 0 Å². The molecule has 1 N–H and O–H groups in total. The molecule has 3 aromatic rings. The number of hydrogen-bond acceptors (Lipinski definition) is 3. The molecule has 0 aromatic heterocycles. The van der Waals surface area contributed by atoms with Gasteiger partial charge in [-0.25, -0.2) is 0 Å². The number of rotatable bonds is 9. The van der Waals surface area contributed by atoms with Gasteiger partial charge in [0, 0.05) is 32.7 Å². The monoisotopic (exact) mass is 427 g/mol. The molecule has 166 valence electrons. The predicted octanol–water partition coefficient (Wildman–Crippen LogP) is 4.14. The summed E-state index contributed by atoms with van der Waals surface area (Å²) in [5, 5.41) is 3.06. The van der Waals surface area contributed by atoms with Gasteiger partial charge in [0.15, 0.2) is 0 Å². The average Bonchev–Trinajstić information content (AvgIpc) is 2.85. The van der Waals surface area contributed by atoms with E-state index in [1.807, 2.05) is 30.3 Å². The Kier molecular flexibility index (Phi) is 8.07. The number of benzene rings is 3. The van der Waals surface area contributed by atoms with Gasteiger partial charge in [-0.1, -0.05) is 91.0 Å². The van der Waals surface area contributed by atoms with Crippen LogP contribution < -0.4 is 5.32 Å². The number of hydrogen-bond donors (Lipinski definition) is 1. The van der Waals surface area contributed by atoms with Crippen molar-refractivity contribution in [2.75, 3.05) is 39.3 Å². The van der Waals surface area contributed by atoms with Crippen LogP contribution in [0.15, 0.2) is 91.0 Å². The SMILES string of the molecule is O=C(Cc1ccccc1)NCCCN1CCN(C(c2ccccc2)c2ccccc2)CC1. The Balaban J connectivity index is 1.23. The summed E-state index contributed by atoms with van der Waals surface area (Å²) in [6.45, 7) is 6.00. The minimum Gasteiger partial charge on any atom is -0.356 e. The van der Waals surface area contributed by atoms with Gasteiger partial charge in [0.25, 0.3) is 0 Å². The lowest BCUT2D eigenvalue weighted by Crippen LogP contribution is -2.48. The Labute approximate surface area is 191 Å². The fraction of sp³-hybridized carbons (Fsp3) is 0.321. The molecule has 32 heavy (non-hydrogen) atoms. The fourth-order valence-corrected chi connectivity index (χ4v) is 4.50. The van der Waals surface area contributed by atoms with E-state index in [1.54, 1.807) is 0 Å². The number of nitrogens with one attached hydrogen (secondary N) is 1. The van der Waals surface area contributed by atoms with Crippen molar-refractivity contribution in [2.24, 2.45) is 0 Å². The largest absolute Gasteiger partial charge is 0.356 e. The van der Waals surface area contributed by atoms with Crippen molar-refractivity contribution in [3.63, 3.8) is 0 Å². The van der Waals surface area contributed by atoms with Gasteiger partial charge in [0.05, 0.1) is 12.5 Å². The van der Waals surface area contributed by atoms with Gasteiger partial charge < -0.3 is 10.2 Å². The van der Waals surface area contributed by atoms with Crippen molar-refractivity contribution < 1.29 is 4.79 Å². The molecule has 1 heterocycles. The summed E-state index contributed by atoms with van der Waals surface area (Å²) in [7, 11) is 0. The summed E-state index contributed by atoms with van der Waals surface area (Å²) in [4.78, 5) is 17.2. The van der Waals surface area contributed by atoms with E-state index in [0.29, 0.717) is 12.5 Å². The molecule has 0 radical (unpaired) electrons. The molecule has 1 aliphatic heterocycles. The second-order valence-electron chi connectivity index (χ2n) is 8.47. The molecule has 1 aliphatic rings. The highest BCUT2D eigenvalue weighted by Crippen LogP contribution is 2.29. The Morgan fingerprint density at radius 3 is 1.84 bits per heavy atom. The van der Waals surface area contributed by atoms with Crippen LogP contribution in [0, 0.1) is 0 Å². The van der Waals surface area contributed by atoms with Crippen molar-refractivity contribution in [3.05, 3.63) is 108 Å². The van der Waals surface area contributed by atoms with E-state index in [-0.39, 0.29) is 5.91 Å². The highest BCUT2D eigenvalue weighted by Gasteiger charge is 2.26. The topological polar surface area (TPSA) is 35.6 Å². The quantitative estimate of drug-likeness (QED) is 0.521. The van der Waals surface area contributed by atoms with E-state index in [2.05, 4.69) is 75.8 Å². The molecule has 3 aromatic carbocycles. The van der Waals surface area contributed by atoms with Crippen molar-refractivity contribution in [1.29, 1.82) is 0 Å². The second-order valence-corrected chi connectivity index (χ2v) is 8.47. The fourth-order valence-electron chi connectivity index (χ4n) is 4.50. The molecule has 0 atom stereocenters. The maximum Gasteiger partial charge on any atom is 0.224 e. The Morgan fingerprint density at radius 2 is 1.28 bits per heavy atom. The van der Waals surface area contributed by atoms with E-state index in [4.69, 9.17) is 0 Å². The van der Waals surface area contributed by atoms with Crippen LogP contribution in [0.2, 0.25) is 0 Å². The normalized spacial score (nSPS) is 15.0. The zero-order valence-corrected chi connectivity index (χ0v) is 18.7. The molecular formula is C28H33N3O. The summed E-state index contributed by atoms with van der Waals surface area (Å²) in [6, 6.07) is 31.9. The molecule has 1 amide bonds. The number of carbonyl (C=O) groups excluding carboxylic acids is 1. The lowest BCUT2D eigenvalue weighted by molar-refractivity contribution is -0.120. The zero-order valence-electron chi connectivity index (χ0n) is 18.7. The molecule has 4 rings (SSSR count). The minimum absolute atomic E-state index is 0.106. The van der Waals surface area contributed by atoms with E-state index >= 15 is 0 Å². The molecule has 0 spiro atoms. The second kappa shape index (κ2) is 11.6. The standard InChI is InChI=1S/C28H33N3O/c32-27(23-24-11-4-1-5-12-24)29-17-10-18-30-19-21-31(22-20-30)28(25-13-6-2-7-14-25)26-15-8-3-9-16-26/h1-9,11-16,28H,10,17-23H2,(H,29,32). The first-order chi connectivity index (χ1) is 15.8. The van der Waals surface area contributed by atoms with E-state index in [0.717, 1.165) is 51.3 Å². The van der Waals surface area contributed by atoms with Crippen LogP contribution in [0.3, 0.4) is 0 Å². The lowest BCUT2D eigenvalue weighted by atomic mass is 9.96. The number of carbonyl (C=O) groups is 1. The van der Waals surface area contributed by atoms with Crippen LogP contribution in [0.5, 0.6) is 0 Å². The highest BCUT2D eigenvalue weighted by molar-refractivity contribution is 5.78. The van der Waals surface area contributed by atoms with Gasteiger partial charge in [-0.05, 0) is 29.7 Å². The summed E-state index contributed by atoms with van der Waals surface area (Å²) in [5.41, 5.74) is 3.77. The van der Waals surface area contributed by atoms with Gasteiger partial charge in [-0.15, -0.1) is 0 Å². The smallest absolute Gasteiger partial charge is 0.224 e.